The Morgan fingerprint density at radius 3 is 1.75 bits per heavy atom. The maximum absolute atomic E-state index is 11.1. The third-order valence-corrected chi connectivity index (χ3v) is 2.90. The highest BCUT2D eigenvalue weighted by Crippen LogP contribution is 2.37. The maximum Gasteiger partial charge on any atom is 0.328 e. The van der Waals surface area contributed by atoms with Crippen molar-refractivity contribution in [3.05, 3.63) is 67.5 Å². The number of hydrogen-bond donors (Lipinski definition) is 2. The summed E-state index contributed by atoms with van der Waals surface area (Å²) in [5, 5.41) is 36.2. The SMILES string of the molecule is CC(C(=C=N)[N+](=O)[O-])(C(=C=N)[N+](=O)[O-])c1ccccc1. The first kappa shape index (κ1) is 15.0. The van der Waals surface area contributed by atoms with Gasteiger partial charge in [0.2, 0.25) is 0 Å². The van der Waals surface area contributed by atoms with Crippen LogP contribution in [-0.2, 0) is 5.41 Å². The predicted octanol–water partition coefficient (Wildman–Crippen LogP) is 1.76. The molecule has 0 spiro atoms. The van der Waals surface area contributed by atoms with E-state index in [1.54, 1.807) is 29.9 Å². The van der Waals surface area contributed by atoms with E-state index in [0.717, 1.165) is 0 Å². The molecule has 0 bridgehead atoms. The Balaban J connectivity index is 3.75. The Morgan fingerprint density at radius 1 is 1.05 bits per heavy atom. The van der Waals surface area contributed by atoms with Crippen molar-refractivity contribution in [2.24, 2.45) is 0 Å². The minimum atomic E-state index is -1.89. The van der Waals surface area contributed by atoms with Crippen LogP contribution in [0.25, 0.3) is 0 Å². The number of nitrogens with one attached hydrogen (secondary N) is 2. The first-order chi connectivity index (χ1) is 9.39. The molecule has 1 rings (SSSR count). The standard InChI is InChI=1S/C12H10N4O4/c1-12(10(7-13)15(17)18,11(8-14)16(19)20)9-5-3-2-4-6-9/h2-6,13-14H,1H3. The molecule has 0 saturated carbocycles. The summed E-state index contributed by atoms with van der Waals surface area (Å²) in [4.78, 5) is 20.3. The average molecular weight is 274 g/mol. The molecule has 0 aromatic heterocycles. The Hall–Kier alpha value is -3.08. The fraction of sp³-hybridized carbons (Fsp3) is 0.167. The maximum atomic E-state index is 11.1. The van der Waals surface area contributed by atoms with E-state index >= 15 is 0 Å². The van der Waals surface area contributed by atoms with Crippen molar-refractivity contribution < 1.29 is 9.85 Å². The van der Waals surface area contributed by atoms with Crippen LogP contribution in [-0.4, -0.2) is 21.6 Å². The lowest BCUT2D eigenvalue weighted by atomic mass is 9.77. The van der Waals surface area contributed by atoms with Crippen LogP contribution in [0.1, 0.15) is 12.5 Å². The minimum absolute atomic E-state index is 0.206. The van der Waals surface area contributed by atoms with E-state index < -0.39 is 26.7 Å². The van der Waals surface area contributed by atoms with Gasteiger partial charge in [-0.15, -0.1) is 0 Å². The van der Waals surface area contributed by atoms with E-state index in [1.165, 1.54) is 19.1 Å². The third kappa shape index (κ3) is 2.37. The Labute approximate surface area is 113 Å². The molecule has 0 fully saturated rings. The van der Waals surface area contributed by atoms with E-state index in [-0.39, 0.29) is 5.56 Å². The van der Waals surface area contributed by atoms with Gasteiger partial charge in [0.15, 0.2) is 5.41 Å². The molecule has 102 valence electrons. The van der Waals surface area contributed by atoms with E-state index in [1.807, 2.05) is 0 Å². The molecule has 2 N–H and O–H groups in total. The number of nitrogens with zero attached hydrogens (tertiary/aromatic N) is 2. The van der Waals surface area contributed by atoms with Gasteiger partial charge in [0.05, 0.1) is 21.6 Å². The summed E-state index contributed by atoms with van der Waals surface area (Å²) in [5.74, 6) is 3.26. The molecule has 0 aliphatic rings. The van der Waals surface area contributed by atoms with Gasteiger partial charge < -0.3 is 0 Å². The fourth-order valence-corrected chi connectivity index (χ4v) is 1.86. The normalized spacial score (nSPS) is 12.4. The van der Waals surface area contributed by atoms with Crippen LogP contribution in [0.2, 0.25) is 0 Å². The molecule has 8 nitrogen and oxygen atoms in total. The van der Waals surface area contributed by atoms with Gasteiger partial charge in [0.25, 0.3) is 0 Å². The first-order valence-corrected chi connectivity index (χ1v) is 5.34. The van der Waals surface area contributed by atoms with Crippen molar-refractivity contribution in [3.63, 3.8) is 0 Å². The number of benzene rings is 1. The molecule has 0 unspecified atom stereocenters. The van der Waals surface area contributed by atoms with Gasteiger partial charge in [-0.2, -0.15) is 0 Å². The smallest absolute Gasteiger partial charge is 0.258 e. The molecule has 0 heterocycles. The molecule has 1 aromatic carbocycles. The van der Waals surface area contributed by atoms with Gasteiger partial charge in [-0.1, -0.05) is 30.3 Å². The molecular formula is C12H10N4O4. The monoisotopic (exact) mass is 274 g/mol. The van der Waals surface area contributed by atoms with Crippen LogP contribution < -0.4 is 0 Å². The highest BCUT2D eigenvalue weighted by Gasteiger charge is 2.51. The summed E-state index contributed by atoms with van der Waals surface area (Å²) in [7, 11) is 0. The Bertz CT molecular complexity index is 619. The predicted molar refractivity (Wildman–Crippen MR) is 70.3 cm³/mol. The van der Waals surface area contributed by atoms with Crippen molar-refractivity contribution in [1.29, 1.82) is 10.8 Å². The van der Waals surface area contributed by atoms with Crippen molar-refractivity contribution in [3.8, 4) is 0 Å². The van der Waals surface area contributed by atoms with Gasteiger partial charge >= 0.3 is 11.4 Å². The van der Waals surface area contributed by atoms with Gasteiger partial charge in [0.1, 0.15) is 0 Å². The van der Waals surface area contributed by atoms with Gasteiger partial charge in [0, 0.05) is 0 Å². The Kier molecular flexibility index (Phi) is 4.27. The molecule has 0 amide bonds. The molecule has 20 heavy (non-hydrogen) atoms. The lowest BCUT2D eigenvalue weighted by Gasteiger charge is -2.21. The summed E-state index contributed by atoms with van der Waals surface area (Å²) >= 11 is 0. The molecule has 1 aromatic rings. The molecule has 0 radical (unpaired) electrons. The second kappa shape index (κ2) is 5.71. The van der Waals surface area contributed by atoms with Gasteiger partial charge in [-0.3, -0.25) is 31.0 Å². The van der Waals surface area contributed by atoms with E-state index in [9.17, 15) is 20.2 Å². The summed E-state index contributed by atoms with van der Waals surface area (Å²) in [5.41, 5.74) is -3.33. The largest absolute Gasteiger partial charge is 0.328 e. The van der Waals surface area contributed by atoms with Crippen LogP contribution in [0.5, 0.6) is 0 Å². The van der Waals surface area contributed by atoms with Crippen molar-refractivity contribution in [1.82, 2.24) is 0 Å². The van der Waals surface area contributed by atoms with E-state index in [4.69, 9.17) is 10.8 Å². The second-order valence-corrected chi connectivity index (χ2v) is 3.95. The van der Waals surface area contributed by atoms with Crippen LogP contribution in [0, 0.1) is 31.0 Å². The fourth-order valence-electron chi connectivity index (χ4n) is 1.86. The van der Waals surface area contributed by atoms with Crippen molar-refractivity contribution >= 4 is 11.7 Å². The summed E-state index contributed by atoms with van der Waals surface area (Å²) in [6, 6.07) is 7.64. The highest BCUT2D eigenvalue weighted by atomic mass is 16.6. The van der Waals surface area contributed by atoms with Crippen molar-refractivity contribution in [2.75, 3.05) is 0 Å². The zero-order valence-electron chi connectivity index (χ0n) is 10.4. The minimum Gasteiger partial charge on any atom is -0.258 e. The van der Waals surface area contributed by atoms with Gasteiger partial charge in [-0.25, -0.2) is 0 Å². The van der Waals surface area contributed by atoms with Gasteiger partial charge in [-0.05, 0) is 12.5 Å². The Morgan fingerprint density at radius 2 is 1.45 bits per heavy atom. The molecule has 0 aliphatic carbocycles. The number of rotatable bonds is 5. The highest BCUT2D eigenvalue weighted by molar-refractivity contribution is 5.66. The second-order valence-electron chi connectivity index (χ2n) is 3.95. The third-order valence-electron chi connectivity index (χ3n) is 2.90. The number of hydrogen-bond acceptors (Lipinski definition) is 6. The molecule has 0 atom stereocenters. The lowest BCUT2D eigenvalue weighted by Crippen LogP contribution is -2.35. The van der Waals surface area contributed by atoms with E-state index in [2.05, 4.69) is 0 Å². The average Bonchev–Trinajstić information content (AvgIpc) is 2.40. The van der Waals surface area contributed by atoms with E-state index in [0.29, 0.717) is 0 Å². The summed E-state index contributed by atoms with van der Waals surface area (Å²) in [6.07, 6.45) is 0. The summed E-state index contributed by atoms with van der Waals surface area (Å²) in [6.45, 7) is 1.20. The summed E-state index contributed by atoms with van der Waals surface area (Å²) < 4.78 is 0. The van der Waals surface area contributed by atoms with Crippen LogP contribution in [0.15, 0.2) is 41.7 Å². The van der Waals surface area contributed by atoms with Crippen LogP contribution in [0.3, 0.4) is 0 Å². The zero-order chi connectivity index (χ0) is 15.3. The molecule has 0 saturated heterocycles. The van der Waals surface area contributed by atoms with Crippen LogP contribution >= 0.6 is 0 Å². The molecule has 8 heteroatoms. The number of nitro groups is 2. The van der Waals surface area contributed by atoms with Crippen molar-refractivity contribution in [2.45, 2.75) is 12.3 Å². The topological polar surface area (TPSA) is 134 Å². The van der Waals surface area contributed by atoms with Crippen LogP contribution in [0.4, 0.5) is 0 Å². The molecular weight excluding hydrogens is 264 g/mol. The first-order valence-electron chi connectivity index (χ1n) is 5.34. The lowest BCUT2D eigenvalue weighted by molar-refractivity contribution is -0.459. The zero-order valence-corrected chi connectivity index (χ0v) is 10.4. The quantitative estimate of drug-likeness (QED) is 0.480. The molecule has 0 aliphatic heterocycles.